The molecule has 7 nitrogen and oxygen atoms in total. The van der Waals surface area contributed by atoms with Gasteiger partial charge in [-0.2, -0.15) is 9.61 Å². The van der Waals surface area contributed by atoms with Gasteiger partial charge in [-0.05, 0) is 35.6 Å². The van der Waals surface area contributed by atoms with Gasteiger partial charge in [0, 0.05) is 37.2 Å². The molecular weight excluding hydrogens is 436 g/mol. The summed E-state index contributed by atoms with van der Waals surface area (Å²) in [6.07, 6.45) is 2.52. The molecule has 0 unspecified atom stereocenters. The van der Waals surface area contributed by atoms with E-state index in [1.54, 1.807) is 0 Å². The second kappa shape index (κ2) is 10.5. The van der Waals surface area contributed by atoms with Crippen molar-refractivity contribution in [3.8, 4) is 11.1 Å². The van der Waals surface area contributed by atoms with Crippen molar-refractivity contribution in [3.63, 3.8) is 0 Å². The maximum Gasteiger partial charge on any atom is 0.163 e. The summed E-state index contributed by atoms with van der Waals surface area (Å²) >= 11 is 0. The van der Waals surface area contributed by atoms with Gasteiger partial charge in [0.2, 0.25) is 0 Å². The minimum absolute atomic E-state index is 0.211. The lowest BCUT2D eigenvalue weighted by atomic mass is 9.95. The molecule has 0 amide bonds. The molecular formula is C28H34N6O. The molecule has 0 bridgehead atoms. The van der Waals surface area contributed by atoms with Crippen molar-refractivity contribution in [2.75, 3.05) is 30.3 Å². The van der Waals surface area contributed by atoms with Gasteiger partial charge in [0.1, 0.15) is 11.6 Å². The van der Waals surface area contributed by atoms with E-state index in [9.17, 15) is 5.11 Å². The first-order valence-electron chi connectivity index (χ1n) is 12.5. The van der Waals surface area contributed by atoms with Gasteiger partial charge in [-0.15, -0.1) is 0 Å². The van der Waals surface area contributed by atoms with Crippen molar-refractivity contribution in [3.05, 3.63) is 78.0 Å². The summed E-state index contributed by atoms with van der Waals surface area (Å²) in [6.45, 7) is 7.27. The minimum Gasteiger partial charge on any atom is -0.391 e. The first kappa shape index (κ1) is 23.3. The molecule has 7 heteroatoms. The number of aliphatic hydroxyl groups excluding tert-OH is 1. The van der Waals surface area contributed by atoms with Crippen molar-refractivity contribution in [1.29, 1.82) is 0 Å². The highest BCUT2D eigenvalue weighted by atomic mass is 16.3. The van der Waals surface area contributed by atoms with E-state index in [1.807, 2.05) is 22.8 Å². The topological polar surface area (TPSA) is 86.5 Å². The fourth-order valence-electron chi connectivity index (χ4n) is 4.61. The summed E-state index contributed by atoms with van der Waals surface area (Å²) in [5.41, 5.74) is 5.60. The Bertz CT molecular complexity index is 1250. The molecule has 4 aromatic rings. The number of hydrogen-bond donors (Lipinski definition) is 4. The lowest BCUT2D eigenvalue weighted by molar-refractivity contribution is 0.0883. The molecule has 0 saturated carbocycles. The summed E-state index contributed by atoms with van der Waals surface area (Å²) in [5, 5.41) is 25.2. The van der Waals surface area contributed by atoms with E-state index in [4.69, 9.17) is 4.98 Å². The Hall–Kier alpha value is -3.42. The molecule has 0 radical (unpaired) electrons. The fraction of sp³-hybridized carbons (Fsp3) is 0.357. The number of nitrogens with zero attached hydrogens (tertiary/aromatic N) is 3. The molecule has 1 aliphatic heterocycles. The van der Waals surface area contributed by atoms with Crippen molar-refractivity contribution in [1.82, 2.24) is 19.9 Å². The number of fused-ring (bicyclic) bond motifs is 1. The number of aromatic nitrogens is 3. The van der Waals surface area contributed by atoms with Crippen LogP contribution in [0.2, 0.25) is 0 Å². The Morgan fingerprint density at radius 1 is 1.06 bits per heavy atom. The van der Waals surface area contributed by atoms with Gasteiger partial charge in [-0.25, -0.2) is 4.98 Å². The molecule has 4 N–H and O–H groups in total. The zero-order chi connectivity index (χ0) is 24.2. The molecule has 0 spiro atoms. The Morgan fingerprint density at radius 3 is 2.57 bits per heavy atom. The molecule has 2 aromatic heterocycles. The number of anilines is 2. The molecule has 182 valence electrons. The van der Waals surface area contributed by atoms with Crippen LogP contribution in [0, 0.1) is 5.92 Å². The third-order valence-corrected chi connectivity index (χ3v) is 6.79. The normalized spacial score (nSPS) is 18.2. The summed E-state index contributed by atoms with van der Waals surface area (Å²) in [6, 6.07) is 21.1. The number of hydrogen-bond acceptors (Lipinski definition) is 6. The van der Waals surface area contributed by atoms with E-state index in [0.717, 1.165) is 35.8 Å². The molecule has 1 aliphatic rings. The SMILES string of the molecule is CC(C)c1cnn2c(NCc3ccc(-c4ccccc4)cc3)cc(NC[C@H]3CCNC[C@@H]3O)nc12. The van der Waals surface area contributed by atoms with Gasteiger partial charge in [0.25, 0.3) is 0 Å². The second-order valence-corrected chi connectivity index (χ2v) is 9.63. The highest BCUT2D eigenvalue weighted by Crippen LogP contribution is 2.25. The predicted octanol–water partition coefficient (Wildman–Crippen LogP) is 4.51. The summed E-state index contributed by atoms with van der Waals surface area (Å²) in [4.78, 5) is 4.88. The molecule has 1 fully saturated rings. The van der Waals surface area contributed by atoms with Gasteiger partial charge < -0.3 is 21.1 Å². The van der Waals surface area contributed by atoms with Crippen LogP contribution in [0.25, 0.3) is 16.8 Å². The quantitative estimate of drug-likeness (QED) is 0.303. The zero-order valence-corrected chi connectivity index (χ0v) is 20.4. The van der Waals surface area contributed by atoms with Crippen molar-refractivity contribution in [2.45, 2.75) is 38.8 Å². The van der Waals surface area contributed by atoms with Gasteiger partial charge in [0.15, 0.2) is 5.65 Å². The van der Waals surface area contributed by atoms with Gasteiger partial charge in [-0.1, -0.05) is 68.4 Å². The third-order valence-electron chi connectivity index (χ3n) is 6.79. The van der Waals surface area contributed by atoms with Crippen molar-refractivity contribution >= 4 is 17.3 Å². The van der Waals surface area contributed by atoms with E-state index in [1.165, 1.54) is 16.7 Å². The van der Waals surface area contributed by atoms with Crippen LogP contribution in [0.4, 0.5) is 11.6 Å². The molecule has 2 atom stereocenters. The maximum atomic E-state index is 10.3. The number of benzene rings is 2. The Kier molecular flexibility index (Phi) is 6.97. The van der Waals surface area contributed by atoms with E-state index in [2.05, 4.69) is 83.4 Å². The van der Waals surface area contributed by atoms with E-state index >= 15 is 0 Å². The van der Waals surface area contributed by atoms with Gasteiger partial charge in [-0.3, -0.25) is 0 Å². The minimum atomic E-state index is -0.336. The first-order chi connectivity index (χ1) is 17.1. The van der Waals surface area contributed by atoms with Crippen LogP contribution in [0.15, 0.2) is 66.9 Å². The zero-order valence-electron chi connectivity index (χ0n) is 20.4. The van der Waals surface area contributed by atoms with Crippen LogP contribution < -0.4 is 16.0 Å². The monoisotopic (exact) mass is 470 g/mol. The predicted molar refractivity (Wildman–Crippen MR) is 142 cm³/mol. The fourth-order valence-corrected chi connectivity index (χ4v) is 4.61. The van der Waals surface area contributed by atoms with E-state index < -0.39 is 0 Å². The average Bonchev–Trinajstić information content (AvgIpc) is 3.32. The number of β-amino-alcohol motifs (C(OH)–C–C–N with tert-alkyl or cyclic N) is 1. The molecule has 3 heterocycles. The highest BCUT2D eigenvalue weighted by Gasteiger charge is 2.23. The molecule has 35 heavy (non-hydrogen) atoms. The lowest BCUT2D eigenvalue weighted by Gasteiger charge is -2.28. The molecule has 1 saturated heterocycles. The van der Waals surface area contributed by atoms with Gasteiger partial charge >= 0.3 is 0 Å². The number of rotatable bonds is 8. The Balaban J connectivity index is 1.35. The Labute approximate surface area is 206 Å². The van der Waals surface area contributed by atoms with Crippen LogP contribution in [0.3, 0.4) is 0 Å². The van der Waals surface area contributed by atoms with Crippen LogP contribution >= 0.6 is 0 Å². The summed E-state index contributed by atoms with van der Waals surface area (Å²) in [7, 11) is 0. The van der Waals surface area contributed by atoms with Crippen molar-refractivity contribution < 1.29 is 5.11 Å². The summed E-state index contributed by atoms with van der Waals surface area (Å²) < 4.78 is 1.89. The van der Waals surface area contributed by atoms with Crippen molar-refractivity contribution in [2.24, 2.45) is 5.92 Å². The smallest absolute Gasteiger partial charge is 0.163 e. The van der Waals surface area contributed by atoms with E-state index in [0.29, 0.717) is 25.6 Å². The third kappa shape index (κ3) is 5.31. The first-order valence-corrected chi connectivity index (χ1v) is 12.5. The maximum absolute atomic E-state index is 10.3. The largest absolute Gasteiger partial charge is 0.391 e. The average molecular weight is 471 g/mol. The number of nitrogens with one attached hydrogen (secondary N) is 3. The second-order valence-electron chi connectivity index (χ2n) is 9.63. The standard InChI is InChI=1S/C28H34N6O/c1-19(2)24-17-32-34-27(14-26(33-28(24)34)30-16-23-12-13-29-18-25(23)35)31-15-20-8-10-22(11-9-20)21-6-4-3-5-7-21/h3-11,14,17,19,23,25,29,31,35H,12-13,15-16,18H2,1-2H3,(H,30,33)/t23-,25+/m1/s1. The van der Waals surface area contributed by atoms with Gasteiger partial charge in [0.05, 0.1) is 12.3 Å². The number of aliphatic hydroxyl groups is 1. The highest BCUT2D eigenvalue weighted by molar-refractivity contribution is 5.64. The van der Waals surface area contributed by atoms with Crippen LogP contribution in [0.5, 0.6) is 0 Å². The Morgan fingerprint density at radius 2 is 1.83 bits per heavy atom. The number of piperidine rings is 1. The molecule has 5 rings (SSSR count). The van der Waals surface area contributed by atoms with Crippen LogP contribution in [-0.2, 0) is 6.54 Å². The van der Waals surface area contributed by atoms with Crippen LogP contribution in [0.1, 0.15) is 37.3 Å². The molecule has 0 aliphatic carbocycles. The molecule has 2 aromatic carbocycles. The lowest BCUT2D eigenvalue weighted by Crippen LogP contribution is -2.43. The summed E-state index contributed by atoms with van der Waals surface area (Å²) in [5.74, 6) is 2.22. The van der Waals surface area contributed by atoms with Crippen LogP contribution in [-0.4, -0.2) is 45.4 Å². The van der Waals surface area contributed by atoms with E-state index in [-0.39, 0.29) is 12.0 Å².